The van der Waals surface area contributed by atoms with Gasteiger partial charge in [-0.05, 0) is 35.2 Å². The first-order valence-corrected chi connectivity index (χ1v) is 7.11. The van der Waals surface area contributed by atoms with Crippen LogP contribution in [0, 0.1) is 0 Å². The van der Waals surface area contributed by atoms with Crippen LogP contribution >= 0.6 is 27.5 Å². The second-order valence-electron chi connectivity index (χ2n) is 4.36. The van der Waals surface area contributed by atoms with E-state index in [2.05, 4.69) is 32.8 Å². The molecule has 16 heavy (non-hydrogen) atoms. The molecule has 0 atom stereocenters. The molecule has 1 aromatic heterocycles. The van der Waals surface area contributed by atoms with Gasteiger partial charge in [0, 0.05) is 12.3 Å². The van der Waals surface area contributed by atoms with Crippen LogP contribution in [0.2, 0.25) is 5.15 Å². The maximum absolute atomic E-state index is 6.14. The van der Waals surface area contributed by atoms with Crippen LogP contribution in [0.25, 0.3) is 0 Å². The zero-order chi connectivity index (χ0) is 11.5. The molecule has 0 radical (unpaired) electrons. The van der Waals surface area contributed by atoms with Gasteiger partial charge in [0.2, 0.25) is 0 Å². The predicted molar refractivity (Wildman–Crippen MR) is 69.9 cm³/mol. The van der Waals surface area contributed by atoms with E-state index in [0.29, 0.717) is 11.1 Å². The molecular formula is C12H16BrClN2. The first kappa shape index (κ1) is 12.3. The highest BCUT2D eigenvalue weighted by Crippen LogP contribution is 2.38. The van der Waals surface area contributed by atoms with Gasteiger partial charge in [0.05, 0.1) is 10.2 Å². The van der Waals surface area contributed by atoms with Gasteiger partial charge in [0.25, 0.3) is 0 Å². The Morgan fingerprint density at radius 1 is 1.31 bits per heavy atom. The first-order chi connectivity index (χ1) is 7.72. The lowest BCUT2D eigenvalue weighted by molar-refractivity contribution is 0.674. The summed E-state index contributed by atoms with van der Waals surface area (Å²) in [6.07, 6.45) is 7.05. The van der Waals surface area contributed by atoms with Crippen molar-refractivity contribution in [2.45, 2.75) is 51.4 Å². The van der Waals surface area contributed by atoms with Crippen LogP contribution in [0.15, 0.2) is 4.47 Å². The maximum Gasteiger partial charge on any atom is 0.147 e. The second-order valence-corrected chi connectivity index (χ2v) is 5.51. The van der Waals surface area contributed by atoms with Crippen molar-refractivity contribution in [1.82, 2.24) is 9.97 Å². The molecule has 0 amide bonds. The zero-order valence-corrected chi connectivity index (χ0v) is 11.8. The SMILES string of the molecule is CCCc1nc(Cl)c(Br)c(C2CCCC2)n1. The third-order valence-electron chi connectivity index (χ3n) is 3.10. The van der Waals surface area contributed by atoms with Gasteiger partial charge < -0.3 is 0 Å². The average molecular weight is 304 g/mol. The van der Waals surface area contributed by atoms with E-state index in [4.69, 9.17) is 11.6 Å². The van der Waals surface area contributed by atoms with E-state index in [-0.39, 0.29) is 0 Å². The minimum Gasteiger partial charge on any atom is -0.236 e. The number of nitrogens with zero attached hydrogens (tertiary/aromatic N) is 2. The van der Waals surface area contributed by atoms with E-state index in [1.165, 1.54) is 25.7 Å². The maximum atomic E-state index is 6.14. The normalized spacial score (nSPS) is 16.9. The topological polar surface area (TPSA) is 25.8 Å². The van der Waals surface area contributed by atoms with Gasteiger partial charge in [-0.15, -0.1) is 0 Å². The van der Waals surface area contributed by atoms with Crippen LogP contribution in [-0.2, 0) is 6.42 Å². The van der Waals surface area contributed by atoms with Crippen LogP contribution in [0.1, 0.15) is 56.5 Å². The fourth-order valence-electron chi connectivity index (χ4n) is 2.29. The van der Waals surface area contributed by atoms with Crippen molar-refractivity contribution in [3.05, 3.63) is 21.1 Å². The summed E-state index contributed by atoms with van der Waals surface area (Å²) in [5.74, 6) is 1.46. The predicted octanol–water partition coefficient (Wildman–Crippen LogP) is 4.50. The molecule has 0 spiro atoms. The Bertz CT molecular complexity index is 376. The smallest absolute Gasteiger partial charge is 0.147 e. The van der Waals surface area contributed by atoms with Crippen molar-refractivity contribution in [3.63, 3.8) is 0 Å². The van der Waals surface area contributed by atoms with E-state index in [0.717, 1.165) is 28.8 Å². The Balaban J connectivity index is 2.33. The molecule has 1 fully saturated rings. The molecule has 1 heterocycles. The Kier molecular flexibility index (Phi) is 4.20. The summed E-state index contributed by atoms with van der Waals surface area (Å²) in [6, 6.07) is 0. The van der Waals surface area contributed by atoms with E-state index in [9.17, 15) is 0 Å². The molecule has 1 saturated carbocycles. The number of aryl methyl sites for hydroxylation is 1. The number of halogens is 2. The zero-order valence-electron chi connectivity index (χ0n) is 9.47. The van der Waals surface area contributed by atoms with Crippen molar-refractivity contribution in [3.8, 4) is 0 Å². The van der Waals surface area contributed by atoms with Crippen LogP contribution in [-0.4, -0.2) is 9.97 Å². The van der Waals surface area contributed by atoms with Gasteiger partial charge in [0.1, 0.15) is 11.0 Å². The number of hydrogen-bond donors (Lipinski definition) is 0. The lowest BCUT2D eigenvalue weighted by atomic mass is 10.0. The standard InChI is InChI=1S/C12H16BrClN2/c1-2-5-9-15-11(8-6-3-4-7-8)10(13)12(14)16-9/h8H,2-7H2,1H3. The Hall–Kier alpha value is -0.150. The second kappa shape index (κ2) is 5.46. The summed E-state index contributed by atoms with van der Waals surface area (Å²) >= 11 is 9.65. The van der Waals surface area contributed by atoms with Gasteiger partial charge in [-0.25, -0.2) is 9.97 Å². The highest BCUT2D eigenvalue weighted by atomic mass is 79.9. The molecule has 2 nitrogen and oxygen atoms in total. The average Bonchev–Trinajstić information content (AvgIpc) is 2.76. The van der Waals surface area contributed by atoms with Crippen molar-refractivity contribution in [1.29, 1.82) is 0 Å². The highest BCUT2D eigenvalue weighted by Gasteiger charge is 2.23. The molecule has 0 aliphatic heterocycles. The van der Waals surface area contributed by atoms with Crippen LogP contribution in [0.5, 0.6) is 0 Å². The van der Waals surface area contributed by atoms with Crippen molar-refractivity contribution < 1.29 is 0 Å². The molecule has 0 bridgehead atoms. The van der Waals surface area contributed by atoms with E-state index in [1.807, 2.05) is 0 Å². The fourth-order valence-corrected chi connectivity index (χ4v) is 2.98. The largest absolute Gasteiger partial charge is 0.236 e. The van der Waals surface area contributed by atoms with E-state index in [1.54, 1.807) is 0 Å². The third kappa shape index (κ3) is 2.57. The van der Waals surface area contributed by atoms with Crippen molar-refractivity contribution >= 4 is 27.5 Å². The lowest BCUT2D eigenvalue weighted by Crippen LogP contribution is -2.05. The minimum atomic E-state index is 0.570. The molecule has 0 N–H and O–H groups in total. The van der Waals surface area contributed by atoms with Gasteiger partial charge in [0.15, 0.2) is 0 Å². The Labute approximate surface area is 110 Å². The van der Waals surface area contributed by atoms with Crippen molar-refractivity contribution in [2.75, 3.05) is 0 Å². The van der Waals surface area contributed by atoms with E-state index < -0.39 is 0 Å². The summed E-state index contributed by atoms with van der Waals surface area (Å²) < 4.78 is 0.904. The molecule has 0 saturated heterocycles. The summed E-state index contributed by atoms with van der Waals surface area (Å²) in [7, 11) is 0. The summed E-state index contributed by atoms with van der Waals surface area (Å²) in [6.45, 7) is 2.13. The van der Waals surface area contributed by atoms with Gasteiger partial charge >= 0.3 is 0 Å². The molecule has 1 aliphatic rings. The van der Waals surface area contributed by atoms with Crippen LogP contribution in [0.4, 0.5) is 0 Å². The first-order valence-electron chi connectivity index (χ1n) is 5.94. The van der Waals surface area contributed by atoms with Gasteiger partial charge in [-0.1, -0.05) is 31.4 Å². The molecule has 0 unspecified atom stereocenters. The minimum absolute atomic E-state index is 0.570. The van der Waals surface area contributed by atoms with Crippen LogP contribution < -0.4 is 0 Å². The monoisotopic (exact) mass is 302 g/mol. The Morgan fingerprint density at radius 2 is 2.00 bits per heavy atom. The molecule has 1 aromatic rings. The number of rotatable bonds is 3. The number of aromatic nitrogens is 2. The Morgan fingerprint density at radius 3 is 2.62 bits per heavy atom. The van der Waals surface area contributed by atoms with Gasteiger partial charge in [-0.3, -0.25) is 0 Å². The van der Waals surface area contributed by atoms with Crippen molar-refractivity contribution in [2.24, 2.45) is 0 Å². The quantitative estimate of drug-likeness (QED) is 0.768. The fraction of sp³-hybridized carbons (Fsp3) is 0.667. The molecule has 2 rings (SSSR count). The molecule has 88 valence electrons. The third-order valence-corrected chi connectivity index (χ3v) is 4.38. The summed E-state index contributed by atoms with van der Waals surface area (Å²) in [5.41, 5.74) is 1.13. The van der Waals surface area contributed by atoms with E-state index >= 15 is 0 Å². The molecule has 0 aromatic carbocycles. The highest BCUT2D eigenvalue weighted by molar-refractivity contribution is 9.10. The summed E-state index contributed by atoms with van der Waals surface area (Å²) in [4.78, 5) is 8.96. The lowest BCUT2D eigenvalue weighted by Gasteiger charge is -2.13. The summed E-state index contributed by atoms with van der Waals surface area (Å²) in [5, 5.41) is 0.570. The molecular weight excluding hydrogens is 288 g/mol. The van der Waals surface area contributed by atoms with Gasteiger partial charge in [-0.2, -0.15) is 0 Å². The molecule has 1 aliphatic carbocycles. The van der Waals surface area contributed by atoms with Crippen LogP contribution in [0.3, 0.4) is 0 Å². The molecule has 4 heteroatoms. The number of hydrogen-bond acceptors (Lipinski definition) is 2.